The van der Waals surface area contributed by atoms with Crippen molar-refractivity contribution in [1.29, 1.82) is 0 Å². The second-order valence-corrected chi connectivity index (χ2v) is 6.46. The molecule has 0 aliphatic heterocycles. The van der Waals surface area contributed by atoms with Crippen LogP contribution in [0.15, 0.2) is 29.2 Å². The second kappa shape index (κ2) is 8.99. The van der Waals surface area contributed by atoms with Crippen LogP contribution in [0.1, 0.15) is 6.92 Å². The molecule has 0 atom stereocenters. The molecule has 0 aliphatic rings. The SMILES string of the molecule is CCNc1ccccc1S(=O)(=O)NCCN(C)CCOC. The number of sulfonamides is 1. The summed E-state index contributed by atoms with van der Waals surface area (Å²) in [7, 11) is 0.0778. The first-order valence-corrected chi connectivity index (χ1v) is 8.49. The van der Waals surface area contributed by atoms with Crippen molar-refractivity contribution in [3.8, 4) is 0 Å². The highest BCUT2D eigenvalue weighted by Crippen LogP contribution is 2.20. The van der Waals surface area contributed by atoms with Crippen LogP contribution in [0.25, 0.3) is 0 Å². The van der Waals surface area contributed by atoms with Gasteiger partial charge in [0.2, 0.25) is 10.0 Å². The number of benzene rings is 1. The summed E-state index contributed by atoms with van der Waals surface area (Å²) >= 11 is 0. The molecule has 0 fully saturated rings. The normalized spacial score (nSPS) is 11.8. The third kappa shape index (κ3) is 6.01. The van der Waals surface area contributed by atoms with Gasteiger partial charge in [-0.05, 0) is 26.1 Å². The molecular weight excluding hydrogens is 290 g/mol. The zero-order valence-corrected chi connectivity index (χ0v) is 13.7. The average Bonchev–Trinajstić information content (AvgIpc) is 2.45. The molecule has 7 heteroatoms. The van der Waals surface area contributed by atoms with Gasteiger partial charge in [-0.25, -0.2) is 13.1 Å². The smallest absolute Gasteiger partial charge is 0.242 e. The maximum Gasteiger partial charge on any atom is 0.242 e. The molecule has 0 heterocycles. The zero-order valence-electron chi connectivity index (χ0n) is 12.9. The highest BCUT2D eigenvalue weighted by molar-refractivity contribution is 7.89. The lowest BCUT2D eigenvalue weighted by molar-refractivity contribution is 0.162. The molecule has 1 aromatic rings. The van der Waals surface area contributed by atoms with Crippen LogP contribution in [0.4, 0.5) is 5.69 Å². The number of methoxy groups -OCH3 is 1. The minimum absolute atomic E-state index is 0.284. The van der Waals surface area contributed by atoms with E-state index >= 15 is 0 Å². The molecule has 1 rings (SSSR count). The van der Waals surface area contributed by atoms with Gasteiger partial charge in [-0.2, -0.15) is 0 Å². The Balaban J connectivity index is 2.61. The average molecular weight is 315 g/mol. The van der Waals surface area contributed by atoms with Crippen molar-refractivity contribution in [3.05, 3.63) is 24.3 Å². The van der Waals surface area contributed by atoms with Crippen molar-refractivity contribution in [1.82, 2.24) is 9.62 Å². The van der Waals surface area contributed by atoms with Crippen molar-refractivity contribution < 1.29 is 13.2 Å². The molecular formula is C14H25N3O3S. The number of hydrogen-bond donors (Lipinski definition) is 2. The van der Waals surface area contributed by atoms with E-state index in [4.69, 9.17) is 4.74 Å². The third-order valence-electron chi connectivity index (χ3n) is 3.01. The highest BCUT2D eigenvalue weighted by atomic mass is 32.2. The van der Waals surface area contributed by atoms with Crippen molar-refractivity contribution in [2.75, 3.05) is 52.3 Å². The number of ether oxygens (including phenoxy) is 1. The van der Waals surface area contributed by atoms with E-state index in [1.54, 1.807) is 25.3 Å². The molecule has 120 valence electrons. The number of nitrogens with one attached hydrogen (secondary N) is 2. The van der Waals surface area contributed by atoms with Gasteiger partial charge >= 0.3 is 0 Å². The lowest BCUT2D eigenvalue weighted by atomic mass is 10.3. The minimum atomic E-state index is -3.50. The first-order chi connectivity index (χ1) is 10.0. The van der Waals surface area contributed by atoms with E-state index in [1.165, 1.54) is 0 Å². The third-order valence-corrected chi connectivity index (χ3v) is 4.53. The lowest BCUT2D eigenvalue weighted by Crippen LogP contribution is -2.34. The Bertz CT molecular complexity index is 520. The van der Waals surface area contributed by atoms with Gasteiger partial charge in [-0.1, -0.05) is 12.1 Å². The molecule has 1 aromatic carbocycles. The Hall–Kier alpha value is -1.15. The van der Waals surface area contributed by atoms with Crippen LogP contribution in [-0.4, -0.2) is 60.3 Å². The van der Waals surface area contributed by atoms with Crippen LogP contribution in [0.3, 0.4) is 0 Å². The van der Waals surface area contributed by atoms with Crippen molar-refractivity contribution in [2.24, 2.45) is 0 Å². The van der Waals surface area contributed by atoms with Gasteiger partial charge in [0, 0.05) is 33.3 Å². The van der Waals surface area contributed by atoms with Gasteiger partial charge in [0.1, 0.15) is 4.90 Å². The fourth-order valence-corrected chi connectivity index (χ4v) is 3.05. The number of hydrogen-bond acceptors (Lipinski definition) is 5. The van der Waals surface area contributed by atoms with E-state index in [0.717, 1.165) is 6.54 Å². The summed E-state index contributed by atoms with van der Waals surface area (Å²) in [4.78, 5) is 2.30. The van der Waals surface area contributed by atoms with Crippen molar-refractivity contribution >= 4 is 15.7 Å². The Morgan fingerprint density at radius 3 is 2.62 bits per heavy atom. The molecule has 0 spiro atoms. The Labute approximate surface area is 127 Å². The molecule has 2 N–H and O–H groups in total. The van der Waals surface area contributed by atoms with Crippen LogP contribution in [0, 0.1) is 0 Å². The van der Waals surface area contributed by atoms with Crippen LogP contribution in [-0.2, 0) is 14.8 Å². The number of para-hydroxylation sites is 1. The second-order valence-electron chi connectivity index (χ2n) is 4.72. The molecule has 0 aromatic heterocycles. The quantitative estimate of drug-likeness (QED) is 0.673. The first-order valence-electron chi connectivity index (χ1n) is 7.01. The van der Waals surface area contributed by atoms with Gasteiger partial charge in [0.05, 0.1) is 12.3 Å². The van der Waals surface area contributed by atoms with Crippen molar-refractivity contribution in [2.45, 2.75) is 11.8 Å². The summed E-state index contributed by atoms with van der Waals surface area (Å²) in [5, 5.41) is 3.06. The number of anilines is 1. The lowest BCUT2D eigenvalue weighted by Gasteiger charge is -2.17. The maximum atomic E-state index is 12.3. The van der Waals surface area contributed by atoms with E-state index in [0.29, 0.717) is 31.9 Å². The highest BCUT2D eigenvalue weighted by Gasteiger charge is 2.17. The van der Waals surface area contributed by atoms with Crippen LogP contribution >= 0.6 is 0 Å². The van der Waals surface area contributed by atoms with Gasteiger partial charge in [-0.15, -0.1) is 0 Å². The summed E-state index contributed by atoms with van der Waals surface area (Å²) in [6.07, 6.45) is 0. The maximum absolute atomic E-state index is 12.3. The van der Waals surface area contributed by atoms with Gasteiger partial charge < -0.3 is 15.0 Å². The molecule has 21 heavy (non-hydrogen) atoms. The van der Waals surface area contributed by atoms with E-state index < -0.39 is 10.0 Å². The van der Waals surface area contributed by atoms with E-state index in [2.05, 4.69) is 10.0 Å². The molecule has 0 amide bonds. The number of likely N-dealkylation sites (N-methyl/N-ethyl adjacent to an activating group) is 1. The molecule has 6 nitrogen and oxygen atoms in total. The molecule has 0 saturated heterocycles. The van der Waals surface area contributed by atoms with Gasteiger partial charge in [0.25, 0.3) is 0 Å². The summed E-state index contributed by atoms with van der Waals surface area (Å²) in [6, 6.07) is 6.91. The zero-order chi connectivity index (χ0) is 15.7. The standard InChI is InChI=1S/C14H25N3O3S/c1-4-15-13-7-5-6-8-14(13)21(18,19)16-9-10-17(2)11-12-20-3/h5-8,15-16H,4,9-12H2,1-3H3. The largest absolute Gasteiger partial charge is 0.384 e. The monoisotopic (exact) mass is 315 g/mol. The van der Waals surface area contributed by atoms with E-state index in [9.17, 15) is 8.42 Å². The fourth-order valence-electron chi connectivity index (χ4n) is 1.85. The van der Waals surface area contributed by atoms with Crippen LogP contribution in [0.5, 0.6) is 0 Å². The molecule has 0 saturated carbocycles. The molecule has 0 radical (unpaired) electrons. The fraction of sp³-hybridized carbons (Fsp3) is 0.571. The Morgan fingerprint density at radius 2 is 1.95 bits per heavy atom. The van der Waals surface area contributed by atoms with Crippen LogP contribution < -0.4 is 10.0 Å². The topological polar surface area (TPSA) is 70.7 Å². The summed E-state index contributed by atoms with van der Waals surface area (Å²) in [5.74, 6) is 0. The van der Waals surface area contributed by atoms with Gasteiger partial charge in [0.15, 0.2) is 0 Å². The predicted molar refractivity (Wildman–Crippen MR) is 85.2 cm³/mol. The van der Waals surface area contributed by atoms with Gasteiger partial charge in [-0.3, -0.25) is 0 Å². The summed E-state index contributed by atoms with van der Waals surface area (Å²) in [5.41, 5.74) is 0.625. The summed E-state index contributed by atoms with van der Waals surface area (Å²) in [6.45, 7) is 5.00. The molecule has 0 bridgehead atoms. The Kier molecular flexibility index (Phi) is 7.66. The van der Waals surface area contributed by atoms with Crippen LogP contribution in [0.2, 0.25) is 0 Å². The van der Waals surface area contributed by atoms with E-state index in [1.807, 2.05) is 24.9 Å². The predicted octanol–water partition coefficient (Wildman–Crippen LogP) is 0.975. The Morgan fingerprint density at radius 1 is 1.24 bits per heavy atom. The minimum Gasteiger partial charge on any atom is -0.384 e. The number of nitrogens with zero attached hydrogens (tertiary/aromatic N) is 1. The molecule has 0 aliphatic carbocycles. The summed E-state index contributed by atoms with van der Waals surface area (Å²) < 4.78 is 32.3. The van der Waals surface area contributed by atoms with Crippen molar-refractivity contribution in [3.63, 3.8) is 0 Å². The first kappa shape index (κ1) is 17.9. The van der Waals surface area contributed by atoms with E-state index in [-0.39, 0.29) is 4.90 Å². The molecule has 0 unspecified atom stereocenters. The number of rotatable bonds is 10.